The number of benzene rings is 1. The van der Waals surface area contributed by atoms with Crippen LogP contribution in [0.15, 0.2) is 18.2 Å². The summed E-state index contributed by atoms with van der Waals surface area (Å²) in [5.74, 6) is 0.467. The van der Waals surface area contributed by atoms with Crippen LogP contribution in [-0.2, 0) is 4.74 Å². The minimum atomic E-state index is -0.330. The van der Waals surface area contributed by atoms with Gasteiger partial charge in [-0.05, 0) is 37.0 Å². The van der Waals surface area contributed by atoms with E-state index in [2.05, 4.69) is 12.2 Å². The van der Waals surface area contributed by atoms with Gasteiger partial charge in [0.15, 0.2) is 0 Å². The molecule has 4 nitrogen and oxygen atoms in total. The zero-order valence-corrected chi connectivity index (χ0v) is 12.3. The van der Waals surface area contributed by atoms with Crippen LogP contribution in [0.5, 0.6) is 0 Å². The molecular formula is C16H24N2O2. The van der Waals surface area contributed by atoms with Gasteiger partial charge >= 0.3 is 5.97 Å². The van der Waals surface area contributed by atoms with Gasteiger partial charge in [-0.25, -0.2) is 4.79 Å². The van der Waals surface area contributed by atoms with Gasteiger partial charge in [0.1, 0.15) is 0 Å². The largest absolute Gasteiger partial charge is 0.465 e. The molecule has 1 aliphatic rings. The number of anilines is 2. The fourth-order valence-corrected chi connectivity index (χ4v) is 2.94. The van der Waals surface area contributed by atoms with Gasteiger partial charge < -0.3 is 15.8 Å². The van der Waals surface area contributed by atoms with Crippen molar-refractivity contribution in [2.24, 2.45) is 5.92 Å². The number of hydrogen-bond acceptors (Lipinski definition) is 4. The van der Waals surface area contributed by atoms with Crippen molar-refractivity contribution in [3.8, 4) is 0 Å². The van der Waals surface area contributed by atoms with Gasteiger partial charge in [0, 0.05) is 6.04 Å². The fraction of sp³-hybridized carbons (Fsp3) is 0.562. The van der Waals surface area contributed by atoms with E-state index in [-0.39, 0.29) is 5.97 Å². The van der Waals surface area contributed by atoms with Crippen molar-refractivity contribution in [2.45, 2.75) is 45.1 Å². The lowest BCUT2D eigenvalue weighted by molar-refractivity contribution is 0.0601. The molecule has 1 fully saturated rings. The van der Waals surface area contributed by atoms with Gasteiger partial charge in [-0.15, -0.1) is 0 Å². The lowest BCUT2D eigenvalue weighted by Gasteiger charge is -2.30. The summed E-state index contributed by atoms with van der Waals surface area (Å²) in [6, 6.07) is 5.69. The van der Waals surface area contributed by atoms with Crippen molar-refractivity contribution in [3.63, 3.8) is 0 Å². The second kappa shape index (κ2) is 6.64. The van der Waals surface area contributed by atoms with E-state index in [1.165, 1.54) is 39.2 Å². The first-order chi connectivity index (χ1) is 9.63. The maximum atomic E-state index is 11.6. The number of carbonyl (C=O) groups is 1. The van der Waals surface area contributed by atoms with Crippen LogP contribution >= 0.6 is 0 Å². The maximum absolute atomic E-state index is 11.6. The fourth-order valence-electron chi connectivity index (χ4n) is 2.94. The lowest BCUT2D eigenvalue weighted by atomic mass is 9.84. The highest BCUT2D eigenvalue weighted by atomic mass is 16.5. The summed E-state index contributed by atoms with van der Waals surface area (Å²) in [4.78, 5) is 11.6. The molecular weight excluding hydrogens is 252 g/mol. The quantitative estimate of drug-likeness (QED) is 0.653. The molecule has 1 aromatic rings. The summed E-state index contributed by atoms with van der Waals surface area (Å²) in [5, 5.41) is 3.50. The predicted molar refractivity (Wildman–Crippen MR) is 81.9 cm³/mol. The maximum Gasteiger partial charge on any atom is 0.337 e. The molecule has 0 bridgehead atoms. The first-order valence-electron chi connectivity index (χ1n) is 7.38. The molecule has 110 valence electrons. The van der Waals surface area contributed by atoms with Crippen molar-refractivity contribution in [1.82, 2.24) is 0 Å². The van der Waals surface area contributed by atoms with E-state index in [0.29, 0.717) is 17.3 Å². The predicted octanol–water partition coefficient (Wildman–Crippen LogP) is 3.44. The molecule has 0 aliphatic heterocycles. The van der Waals surface area contributed by atoms with E-state index < -0.39 is 0 Å². The van der Waals surface area contributed by atoms with Gasteiger partial charge in [0.25, 0.3) is 0 Å². The number of nitrogen functional groups attached to an aromatic ring is 1. The Hall–Kier alpha value is -1.71. The molecule has 0 spiro atoms. The Morgan fingerprint density at radius 1 is 1.45 bits per heavy atom. The molecule has 0 saturated heterocycles. The van der Waals surface area contributed by atoms with E-state index in [1.807, 2.05) is 0 Å². The minimum Gasteiger partial charge on any atom is -0.465 e. The Morgan fingerprint density at radius 2 is 2.25 bits per heavy atom. The van der Waals surface area contributed by atoms with E-state index in [0.717, 1.165) is 11.6 Å². The number of ether oxygens (including phenoxy) is 1. The molecule has 0 heterocycles. The van der Waals surface area contributed by atoms with Gasteiger partial charge in [-0.2, -0.15) is 0 Å². The van der Waals surface area contributed by atoms with Crippen molar-refractivity contribution in [1.29, 1.82) is 0 Å². The molecule has 2 rings (SSSR count). The second-order valence-electron chi connectivity index (χ2n) is 5.58. The van der Waals surface area contributed by atoms with Gasteiger partial charge in [-0.3, -0.25) is 0 Å². The van der Waals surface area contributed by atoms with Crippen LogP contribution in [0.4, 0.5) is 11.4 Å². The summed E-state index contributed by atoms with van der Waals surface area (Å²) >= 11 is 0. The smallest absolute Gasteiger partial charge is 0.337 e. The third-order valence-corrected chi connectivity index (χ3v) is 4.19. The van der Waals surface area contributed by atoms with E-state index in [9.17, 15) is 4.79 Å². The molecule has 0 aromatic heterocycles. The van der Waals surface area contributed by atoms with Crippen molar-refractivity contribution < 1.29 is 9.53 Å². The summed E-state index contributed by atoms with van der Waals surface area (Å²) in [6.07, 6.45) is 6.16. The Balaban J connectivity index is 2.10. The highest BCUT2D eigenvalue weighted by Crippen LogP contribution is 2.30. The van der Waals surface area contributed by atoms with Gasteiger partial charge in [0.2, 0.25) is 0 Å². The van der Waals surface area contributed by atoms with Crippen LogP contribution in [0.1, 0.15) is 49.4 Å². The summed E-state index contributed by atoms with van der Waals surface area (Å²) in [7, 11) is 1.39. The number of rotatable bonds is 4. The second-order valence-corrected chi connectivity index (χ2v) is 5.58. The SMILES string of the molecule is CCC1CCCC(Nc2cc(C(=O)OC)ccc2N)C1. The zero-order chi connectivity index (χ0) is 14.5. The molecule has 2 atom stereocenters. The lowest BCUT2D eigenvalue weighted by Crippen LogP contribution is -2.27. The number of nitrogens with two attached hydrogens (primary N) is 1. The Morgan fingerprint density at radius 3 is 2.95 bits per heavy atom. The Labute approximate surface area is 120 Å². The topological polar surface area (TPSA) is 64.3 Å². The average molecular weight is 276 g/mol. The number of hydrogen-bond donors (Lipinski definition) is 2. The third kappa shape index (κ3) is 3.44. The molecule has 2 unspecified atom stereocenters. The molecule has 3 N–H and O–H groups in total. The van der Waals surface area contributed by atoms with Crippen molar-refractivity contribution in [2.75, 3.05) is 18.2 Å². The standard InChI is InChI=1S/C16H24N2O2/c1-3-11-5-4-6-13(9-11)18-15-10-12(16(19)20-2)7-8-14(15)17/h7-8,10-11,13,18H,3-6,9,17H2,1-2H3. The van der Waals surface area contributed by atoms with Crippen LogP contribution in [0.2, 0.25) is 0 Å². The number of esters is 1. The van der Waals surface area contributed by atoms with Crippen LogP contribution in [-0.4, -0.2) is 19.1 Å². The Bertz CT molecular complexity index is 474. The molecule has 20 heavy (non-hydrogen) atoms. The molecule has 1 aromatic carbocycles. The average Bonchev–Trinajstić information content (AvgIpc) is 2.49. The zero-order valence-electron chi connectivity index (χ0n) is 12.3. The van der Waals surface area contributed by atoms with E-state index in [1.54, 1.807) is 18.2 Å². The normalized spacial score (nSPS) is 22.3. The molecule has 0 radical (unpaired) electrons. The monoisotopic (exact) mass is 276 g/mol. The highest BCUT2D eigenvalue weighted by Gasteiger charge is 2.21. The number of nitrogens with one attached hydrogen (secondary N) is 1. The summed E-state index contributed by atoms with van der Waals surface area (Å²) in [6.45, 7) is 2.25. The van der Waals surface area contributed by atoms with Crippen LogP contribution in [0.25, 0.3) is 0 Å². The first kappa shape index (κ1) is 14.7. The van der Waals surface area contributed by atoms with Crippen LogP contribution < -0.4 is 11.1 Å². The van der Waals surface area contributed by atoms with Crippen molar-refractivity contribution >= 4 is 17.3 Å². The van der Waals surface area contributed by atoms with Crippen LogP contribution in [0.3, 0.4) is 0 Å². The number of carbonyl (C=O) groups excluding carboxylic acids is 1. The van der Waals surface area contributed by atoms with E-state index in [4.69, 9.17) is 10.5 Å². The number of methoxy groups -OCH3 is 1. The van der Waals surface area contributed by atoms with Crippen LogP contribution in [0, 0.1) is 5.92 Å². The Kier molecular flexibility index (Phi) is 4.88. The van der Waals surface area contributed by atoms with Gasteiger partial charge in [0.05, 0.1) is 24.0 Å². The molecule has 4 heteroatoms. The highest BCUT2D eigenvalue weighted by molar-refractivity contribution is 5.92. The summed E-state index contributed by atoms with van der Waals surface area (Å²) < 4.78 is 4.75. The molecule has 1 aliphatic carbocycles. The van der Waals surface area contributed by atoms with Crippen molar-refractivity contribution in [3.05, 3.63) is 23.8 Å². The first-order valence-corrected chi connectivity index (χ1v) is 7.38. The third-order valence-electron chi connectivity index (χ3n) is 4.19. The molecule has 1 saturated carbocycles. The van der Waals surface area contributed by atoms with Gasteiger partial charge in [-0.1, -0.05) is 26.2 Å². The summed E-state index contributed by atoms with van der Waals surface area (Å²) in [5.41, 5.74) is 8.05. The molecule has 0 amide bonds. The minimum absolute atomic E-state index is 0.330. The van der Waals surface area contributed by atoms with E-state index >= 15 is 0 Å².